The summed E-state index contributed by atoms with van der Waals surface area (Å²) in [5.74, 6) is 0. The maximum atomic E-state index is 6.25. The molecule has 10 heteroatoms. The first-order valence-corrected chi connectivity index (χ1v) is 50.1. The Labute approximate surface area is 819 Å². The molecule has 6 heterocycles. The minimum absolute atomic E-state index is 0.915. The molecule has 139 heavy (non-hydrogen) atoms. The number of anilines is 8. The number of rotatable bonds is 14. The van der Waals surface area contributed by atoms with E-state index in [1.807, 2.05) is 100 Å². The van der Waals surface area contributed by atoms with Crippen molar-refractivity contribution in [2.45, 2.75) is 0 Å². The van der Waals surface area contributed by atoms with E-state index in [2.05, 4.69) is 463 Å². The van der Waals surface area contributed by atoms with Gasteiger partial charge in [-0.15, -0.1) is 45.3 Å². The van der Waals surface area contributed by atoms with Crippen LogP contribution in [0.4, 0.5) is 45.5 Å². The van der Waals surface area contributed by atoms with Crippen LogP contribution in [0, 0.1) is 0 Å². The van der Waals surface area contributed by atoms with Crippen molar-refractivity contribution in [2.24, 2.45) is 0 Å². The summed E-state index contributed by atoms with van der Waals surface area (Å²) in [6, 6.07) is 173. The van der Waals surface area contributed by atoms with Crippen molar-refractivity contribution in [1.82, 2.24) is 4.98 Å². The molecule has 0 fully saturated rings. The number of pyridine rings is 1. The third-order valence-corrected chi connectivity index (χ3v) is 31.1. The Morgan fingerprint density at radius 3 is 1.41 bits per heavy atom. The second-order valence-corrected chi connectivity index (χ2v) is 39.3. The quantitative estimate of drug-likeness (QED) is 0.0813. The molecule has 4 N–H and O–H groups in total. The van der Waals surface area contributed by atoms with E-state index in [1.165, 1.54) is 174 Å². The lowest BCUT2D eigenvalue weighted by molar-refractivity contribution is 0.669. The van der Waals surface area contributed by atoms with Gasteiger partial charge in [0.05, 0.1) is 5.69 Å². The summed E-state index contributed by atoms with van der Waals surface area (Å²) in [6.07, 6.45) is 1.84. The molecule has 6 aromatic heterocycles. The maximum Gasteiger partial charge on any atom is 0.136 e. The molecule has 0 bridgehead atoms. The largest absolute Gasteiger partial charge is 0.456 e. The fourth-order valence-electron chi connectivity index (χ4n) is 19.8. The Bertz CT molecular complexity index is 9520. The first-order chi connectivity index (χ1) is 68.8. The number of hydrogen-bond donors (Lipinski definition) is 4. The number of fused-ring (bicyclic) bond motifs is 20. The van der Waals surface area contributed by atoms with Gasteiger partial charge in [0.2, 0.25) is 0 Å². The zero-order valence-electron chi connectivity index (χ0n) is 75.3. The van der Waals surface area contributed by atoms with E-state index in [4.69, 9.17) is 4.42 Å². The van der Waals surface area contributed by atoms with Gasteiger partial charge < -0.3 is 25.7 Å². The van der Waals surface area contributed by atoms with E-state index >= 15 is 0 Å². The summed E-state index contributed by atoms with van der Waals surface area (Å²) >= 11 is 7.42. The monoisotopic (exact) mass is 1850 g/mol. The maximum absolute atomic E-state index is 6.25. The number of para-hydroxylation sites is 3. The van der Waals surface area contributed by atoms with Crippen LogP contribution in [0.25, 0.3) is 213 Å². The molecule has 28 rings (SSSR count). The molecule has 0 aliphatic carbocycles. The third kappa shape index (κ3) is 16.4. The smallest absolute Gasteiger partial charge is 0.136 e. The average molecular weight is 1850 g/mol. The molecule has 0 aliphatic rings. The van der Waals surface area contributed by atoms with Crippen LogP contribution < -0.4 is 21.3 Å². The van der Waals surface area contributed by atoms with Gasteiger partial charge in [-0.2, -0.15) is 0 Å². The average Bonchev–Trinajstić information content (AvgIpc) is 1.69. The van der Waals surface area contributed by atoms with Crippen LogP contribution in [-0.2, 0) is 0 Å². The molecule has 0 radical (unpaired) electrons. The van der Waals surface area contributed by atoms with E-state index in [-0.39, 0.29) is 0 Å². The van der Waals surface area contributed by atoms with Gasteiger partial charge in [0.1, 0.15) is 11.2 Å². The number of thiophene rings is 4. The molecule has 656 valence electrons. The molecule has 22 aromatic carbocycles. The summed E-state index contributed by atoms with van der Waals surface area (Å²) in [4.78, 5) is 4.58. The number of nitrogens with zero attached hydrogens (tertiary/aromatic N) is 1. The summed E-state index contributed by atoms with van der Waals surface area (Å²) in [5, 5.41) is 37.6. The van der Waals surface area contributed by atoms with Crippen LogP contribution >= 0.6 is 45.3 Å². The van der Waals surface area contributed by atoms with Crippen molar-refractivity contribution in [3.63, 3.8) is 0 Å². The highest BCUT2D eigenvalue weighted by molar-refractivity contribution is 7.27. The lowest BCUT2D eigenvalue weighted by Crippen LogP contribution is -1.94. The molecule has 0 aliphatic heterocycles. The van der Waals surface area contributed by atoms with E-state index in [0.29, 0.717) is 0 Å². The molecular formula is C129H85N5OS4. The molecule has 0 saturated heterocycles. The number of benzene rings is 22. The molecule has 6 nitrogen and oxygen atoms in total. The predicted octanol–water partition coefficient (Wildman–Crippen LogP) is 39.1. The van der Waals surface area contributed by atoms with Gasteiger partial charge in [-0.1, -0.05) is 328 Å². The molecular weight excluding hydrogens is 1760 g/mol. The Kier molecular flexibility index (Phi) is 22.0. The van der Waals surface area contributed by atoms with E-state index < -0.39 is 0 Å². The van der Waals surface area contributed by atoms with E-state index in [0.717, 1.165) is 84.3 Å². The van der Waals surface area contributed by atoms with Gasteiger partial charge in [0, 0.05) is 160 Å². The molecule has 28 aromatic rings. The third-order valence-electron chi connectivity index (χ3n) is 26.4. The molecule has 0 spiro atoms. The molecule has 0 atom stereocenters. The highest BCUT2D eigenvalue weighted by Gasteiger charge is 2.23. The fourth-order valence-corrected chi connectivity index (χ4v) is 24.6. The van der Waals surface area contributed by atoms with E-state index in [1.54, 1.807) is 0 Å². The lowest BCUT2D eigenvalue weighted by atomic mass is 9.92. The van der Waals surface area contributed by atoms with Crippen molar-refractivity contribution >= 4 is 237 Å². The standard InChI is InChI=1S/C38H25NS.C36H23NOS.C32H21NS.C23H16N2S/c1-2-10-28-24-29(17-16-25(28)8-1)26-18-20-30(21-19-26)39-35-23-22-34-32-13-5-6-15-36(32)40-38(34)37(35)33-14-7-11-27-9-3-4-12-31(27)33;1-2-8-23(9-3-1)24-14-17-26(18-15-24)37-27-21-31(36-32(22-27)30-11-5-7-13-35(30)39-36)25-16-19-29-28-10-4-6-12-33(28)38-34(29)20-25;1-2-11-23(12-3-1)33-29-19-22(20-31-32(29)27-16-8-9-17-30(27)34-31)28-18-21-10-4-5-13-24(21)25-14-6-7-15-26(25)28;1-2-8-16(9-3-1)25-21-14-18-17-10-4-5-12-22(17)26-23(18)15-19(21)20-11-6-7-13-24-20/h1-24,39H;1-22,37H;1-20,33H;1-15,25H. The second-order valence-electron chi connectivity index (χ2n) is 35.0. The van der Waals surface area contributed by atoms with Gasteiger partial charge in [-0.05, 0) is 245 Å². The van der Waals surface area contributed by atoms with Crippen LogP contribution in [0.15, 0.2) is 496 Å². The number of hydrogen-bond acceptors (Lipinski definition) is 10. The highest BCUT2D eigenvalue weighted by Crippen LogP contribution is 2.51. The summed E-state index contributed by atoms with van der Waals surface area (Å²) in [6.45, 7) is 0. The SMILES string of the molecule is c1ccc(-c2ccc(Nc3cc(-c4ccc5c(c4)oc4ccccc45)c4sc5ccccc5c4c3)cc2)cc1.c1ccc(Nc2cc(-c3cc4ccccc4c4ccccc34)cc3sc4ccccc4c23)cc1.c1ccc(Nc2cc3c(cc2-c2ccccn2)sc2ccccc23)cc1.c1ccc2cc(-c3ccc(Nc4ccc5c(sc6ccccc65)c4-c4cccc5ccccc45)cc3)ccc2c1. The first kappa shape index (κ1) is 83.7. The molecule has 0 saturated carbocycles. The van der Waals surface area contributed by atoms with Gasteiger partial charge >= 0.3 is 0 Å². The summed E-state index contributed by atoms with van der Waals surface area (Å²) < 4.78 is 16.7. The van der Waals surface area contributed by atoms with Crippen molar-refractivity contribution < 1.29 is 4.42 Å². The van der Waals surface area contributed by atoms with Crippen molar-refractivity contribution in [3.8, 4) is 66.9 Å². The van der Waals surface area contributed by atoms with Crippen molar-refractivity contribution in [2.75, 3.05) is 21.3 Å². The van der Waals surface area contributed by atoms with Crippen LogP contribution in [0.5, 0.6) is 0 Å². The zero-order chi connectivity index (χ0) is 92.1. The number of furan rings is 1. The normalized spacial score (nSPS) is 11.5. The zero-order valence-corrected chi connectivity index (χ0v) is 78.5. The number of aromatic nitrogens is 1. The van der Waals surface area contributed by atoms with Crippen LogP contribution in [-0.4, -0.2) is 4.98 Å². The Hall–Kier alpha value is -17.1. The minimum atomic E-state index is 0.915. The van der Waals surface area contributed by atoms with Crippen molar-refractivity contribution in [3.05, 3.63) is 492 Å². The molecule has 0 amide bonds. The Morgan fingerprint density at radius 1 is 0.187 bits per heavy atom. The predicted molar refractivity (Wildman–Crippen MR) is 604 cm³/mol. The summed E-state index contributed by atoms with van der Waals surface area (Å²) in [7, 11) is 0. The topological polar surface area (TPSA) is 74.2 Å². The first-order valence-electron chi connectivity index (χ1n) is 46.8. The molecule has 0 unspecified atom stereocenters. The van der Waals surface area contributed by atoms with Crippen LogP contribution in [0.2, 0.25) is 0 Å². The Balaban J connectivity index is 0.0000000991. The lowest BCUT2D eigenvalue weighted by Gasteiger charge is -2.16. The van der Waals surface area contributed by atoms with Gasteiger partial charge in [-0.3, -0.25) is 4.98 Å². The highest BCUT2D eigenvalue weighted by atomic mass is 32.1. The van der Waals surface area contributed by atoms with Crippen molar-refractivity contribution in [1.29, 1.82) is 0 Å². The number of nitrogens with one attached hydrogen (secondary N) is 4. The second kappa shape index (κ2) is 36.6. The minimum Gasteiger partial charge on any atom is -0.456 e. The van der Waals surface area contributed by atoms with Gasteiger partial charge in [-0.25, -0.2) is 0 Å². The Morgan fingerprint density at radius 2 is 0.691 bits per heavy atom. The fraction of sp³-hybridized carbons (Fsp3) is 0. The van der Waals surface area contributed by atoms with Gasteiger partial charge in [0.15, 0.2) is 0 Å². The van der Waals surface area contributed by atoms with Crippen LogP contribution in [0.3, 0.4) is 0 Å². The van der Waals surface area contributed by atoms with Gasteiger partial charge in [0.25, 0.3) is 0 Å². The van der Waals surface area contributed by atoms with Crippen LogP contribution in [0.1, 0.15) is 0 Å². The van der Waals surface area contributed by atoms with E-state index in [9.17, 15) is 0 Å². The summed E-state index contributed by atoms with van der Waals surface area (Å²) in [5.41, 5.74) is 24.9.